The van der Waals surface area contributed by atoms with Crippen LogP contribution in [0, 0.1) is 5.82 Å². The molecular formula is C26H28FN3O. The van der Waals surface area contributed by atoms with Crippen molar-refractivity contribution in [3.63, 3.8) is 0 Å². The second kappa shape index (κ2) is 9.31. The topological polar surface area (TPSA) is 35.6 Å². The average molecular weight is 418 g/mol. The number of likely N-dealkylation sites (N-methyl/N-ethyl adjacent to an activating group) is 1. The maximum absolute atomic E-state index is 13.1. The lowest BCUT2D eigenvalue weighted by molar-refractivity contribution is -0.115. The summed E-state index contributed by atoms with van der Waals surface area (Å²) in [5.74, 6) is -0.292. The highest BCUT2D eigenvalue weighted by Gasteiger charge is 2.23. The van der Waals surface area contributed by atoms with Crippen molar-refractivity contribution >= 4 is 17.3 Å². The van der Waals surface area contributed by atoms with Crippen molar-refractivity contribution in [2.45, 2.75) is 18.9 Å². The van der Waals surface area contributed by atoms with E-state index in [9.17, 15) is 9.18 Å². The monoisotopic (exact) mass is 417 g/mol. The zero-order valence-corrected chi connectivity index (χ0v) is 18.0. The number of benzene rings is 3. The van der Waals surface area contributed by atoms with Gasteiger partial charge in [0.1, 0.15) is 5.82 Å². The number of hydrogen-bond acceptors (Lipinski definition) is 3. The van der Waals surface area contributed by atoms with Crippen LogP contribution in [0.25, 0.3) is 11.1 Å². The predicted octanol–water partition coefficient (Wildman–Crippen LogP) is 4.81. The predicted molar refractivity (Wildman–Crippen MR) is 125 cm³/mol. The van der Waals surface area contributed by atoms with Crippen LogP contribution in [0.15, 0.2) is 72.8 Å². The third-order valence-electron chi connectivity index (χ3n) is 5.91. The number of carbonyl (C=O) groups excluding carboxylic acids is 1. The van der Waals surface area contributed by atoms with E-state index in [0.717, 1.165) is 35.5 Å². The van der Waals surface area contributed by atoms with Crippen LogP contribution in [-0.2, 0) is 11.2 Å². The molecule has 1 fully saturated rings. The summed E-state index contributed by atoms with van der Waals surface area (Å²) < 4.78 is 13.1. The summed E-state index contributed by atoms with van der Waals surface area (Å²) in [4.78, 5) is 17.1. The third-order valence-corrected chi connectivity index (χ3v) is 5.91. The van der Waals surface area contributed by atoms with Gasteiger partial charge in [0.05, 0.1) is 6.42 Å². The minimum atomic E-state index is -0.247. The molecule has 4 rings (SSSR count). The van der Waals surface area contributed by atoms with Crippen molar-refractivity contribution in [2.24, 2.45) is 0 Å². The zero-order valence-electron chi connectivity index (χ0n) is 18.0. The molecule has 3 aromatic rings. The molecule has 1 saturated heterocycles. The summed E-state index contributed by atoms with van der Waals surface area (Å²) in [6, 6.07) is 22.9. The van der Waals surface area contributed by atoms with E-state index in [4.69, 9.17) is 0 Å². The highest BCUT2D eigenvalue weighted by atomic mass is 19.1. The molecular weight excluding hydrogens is 389 g/mol. The van der Waals surface area contributed by atoms with E-state index in [1.54, 1.807) is 12.1 Å². The van der Waals surface area contributed by atoms with E-state index in [0.29, 0.717) is 12.5 Å². The lowest BCUT2D eigenvalue weighted by Gasteiger charge is -2.22. The third kappa shape index (κ3) is 5.30. The summed E-state index contributed by atoms with van der Waals surface area (Å²) in [5.41, 5.74) is 4.89. The van der Waals surface area contributed by atoms with Gasteiger partial charge in [0.25, 0.3) is 0 Å². The molecule has 4 nitrogen and oxygen atoms in total. The molecule has 3 aromatic carbocycles. The first-order valence-corrected chi connectivity index (χ1v) is 10.6. The highest BCUT2D eigenvalue weighted by molar-refractivity contribution is 5.92. The maximum atomic E-state index is 13.1. The van der Waals surface area contributed by atoms with Gasteiger partial charge >= 0.3 is 0 Å². The number of amides is 1. The molecule has 1 aliphatic rings. The van der Waals surface area contributed by atoms with Crippen molar-refractivity contribution in [2.75, 3.05) is 37.4 Å². The molecule has 0 aliphatic carbocycles. The van der Waals surface area contributed by atoms with Gasteiger partial charge in [0.15, 0.2) is 0 Å². The Kier molecular flexibility index (Phi) is 6.33. The molecule has 0 spiro atoms. The molecule has 1 atom stereocenters. The van der Waals surface area contributed by atoms with E-state index in [1.807, 2.05) is 36.4 Å². The van der Waals surface area contributed by atoms with Crippen molar-refractivity contribution in [3.05, 3.63) is 84.2 Å². The van der Waals surface area contributed by atoms with Gasteiger partial charge in [-0.15, -0.1) is 0 Å². The van der Waals surface area contributed by atoms with Gasteiger partial charge in [-0.2, -0.15) is 0 Å². The standard InChI is InChI=1S/C26H28FN3O/c1-29(2)25-15-16-30(18-25)24-13-11-23(12-14-24)28-26(31)17-19-3-5-20(6-4-19)21-7-9-22(27)10-8-21/h3-14,25H,15-18H2,1-2H3,(H,28,31). The van der Waals surface area contributed by atoms with Gasteiger partial charge in [-0.1, -0.05) is 36.4 Å². The van der Waals surface area contributed by atoms with Crippen LogP contribution in [0.4, 0.5) is 15.8 Å². The van der Waals surface area contributed by atoms with Gasteiger partial charge in [0.2, 0.25) is 5.91 Å². The van der Waals surface area contributed by atoms with E-state index < -0.39 is 0 Å². The Morgan fingerprint density at radius 3 is 2.16 bits per heavy atom. The smallest absolute Gasteiger partial charge is 0.228 e. The van der Waals surface area contributed by atoms with Crippen molar-refractivity contribution in [1.29, 1.82) is 0 Å². The second-order valence-corrected chi connectivity index (χ2v) is 8.33. The largest absolute Gasteiger partial charge is 0.370 e. The van der Waals surface area contributed by atoms with Crippen LogP contribution >= 0.6 is 0 Å². The first-order valence-electron chi connectivity index (χ1n) is 10.6. The Hall–Kier alpha value is -3.18. The number of carbonyl (C=O) groups is 1. The second-order valence-electron chi connectivity index (χ2n) is 8.33. The minimum Gasteiger partial charge on any atom is -0.370 e. The first-order chi connectivity index (χ1) is 15.0. The lowest BCUT2D eigenvalue weighted by Crippen LogP contribution is -2.31. The number of rotatable bonds is 6. The molecule has 1 aliphatic heterocycles. The van der Waals surface area contributed by atoms with Crippen LogP contribution in [-0.4, -0.2) is 44.0 Å². The molecule has 0 saturated carbocycles. The summed E-state index contributed by atoms with van der Waals surface area (Å²) >= 11 is 0. The Morgan fingerprint density at radius 1 is 0.968 bits per heavy atom. The molecule has 1 amide bonds. The molecule has 1 N–H and O–H groups in total. The molecule has 31 heavy (non-hydrogen) atoms. The normalized spacial score (nSPS) is 16.0. The van der Waals surface area contributed by atoms with Gasteiger partial charge in [0, 0.05) is 30.5 Å². The van der Waals surface area contributed by atoms with Crippen molar-refractivity contribution in [3.8, 4) is 11.1 Å². The quantitative estimate of drug-likeness (QED) is 0.625. The number of nitrogens with zero attached hydrogens (tertiary/aromatic N) is 2. The van der Waals surface area contributed by atoms with Gasteiger partial charge in [-0.25, -0.2) is 4.39 Å². The minimum absolute atomic E-state index is 0.0453. The average Bonchev–Trinajstić information content (AvgIpc) is 3.26. The number of halogens is 1. The fourth-order valence-electron chi connectivity index (χ4n) is 4.00. The fourth-order valence-corrected chi connectivity index (χ4v) is 4.00. The van der Waals surface area contributed by atoms with Crippen LogP contribution in [0.5, 0.6) is 0 Å². The van der Waals surface area contributed by atoms with E-state index in [1.165, 1.54) is 24.2 Å². The molecule has 0 aromatic heterocycles. The van der Waals surface area contributed by atoms with Gasteiger partial charge in [-0.05, 0) is 73.6 Å². The van der Waals surface area contributed by atoms with Crippen LogP contribution in [0.2, 0.25) is 0 Å². The Bertz CT molecular complexity index is 1010. The van der Waals surface area contributed by atoms with Gasteiger partial charge < -0.3 is 15.1 Å². The van der Waals surface area contributed by atoms with E-state index in [-0.39, 0.29) is 11.7 Å². The molecule has 5 heteroatoms. The zero-order chi connectivity index (χ0) is 21.8. The lowest BCUT2D eigenvalue weighted by atomic mass is 10.0. The Labute approximate surface area is 183 Å². The molecule has 160 valence electrons. The summed E-state index contributed by atoms with van der Waals surface area (Å²) in [6.07, 6.45) is 1.48. The Balaban J connectivity index is 1.32. The molecule has 0 radical (unpaired) electrons. The first kappa shape index (κ1) is 21.1. The molecule has 0 bridgehead atoms. The SMILES string of the molecule is CN(C)C1CCN(c2ccc(NC(=O)Cc3ccc(-c4ccc(F)cc4)cc3)cc2)C1. The van der Waals surface area contributed by atoms with Crippen LogP contribution < -0.4 is 10.2 Å². The highest BCUT2D eigenvalue weighted by Crippen LogP contribution is 2.24. The van der Waals surface area contributed by atoms with Gasteiger partial charge in [-0.3, -0.25) is 4.79 Å². The number of hydrogen-bond donors (Lipinski definition) is 1. The summed E-state index contributed by atoms with van der Waals surface area (Å²) in [7, 11) is 4.26. The van der Waals surface area contributed by atoms with Crippen LogP contribution in [0.1, 0.15) is 12.0 Å². The van der Waals surface area contributed by atoms with Crippen molar-refractivity contribution < 1.29 is 9.18 Å². The van der Waals surface area contributed by atoms with E-state index in [2.05, 4.69) is 41.3 Å². The molecule has 1 unspecified atom stereocenters. The Morgan fingerprint density at radius 2 is 1.58 bits per heavy atom. The van der Waals surface area contributed by atoms with Crippen molar-refractivity contribution in [1.82, 2.24) is 4.90 Å². The number of nitrogens with one attached hydrogen (secondary N) is 1. The summed E-state index contributed by atoms with van der Waals surface area (Å²) in [5, 5.41) is 2.98. The summed E-state index contributed by atoms with van der Waals surface area (Å²) in [6.45, 7) is 2.09. The number of anilines is 2. The maximum Gasteiger partial charge on any atom is 0.228 e. The fraction of sp³-hybridized carbons (Fsp3) is 0.269. The molecule has 1 heterocycles. The van der Waals surface area contributed by atoms with E-state index >= 15 is 0 Å². The van der Waals surface area contributed by atoms with Crippen LogP contribution in [0.3, 0.4) is 0 Å².